The Kier molecular flexibility index (Phi) is 6.82. The second kappa shape index (κ2) is 7.00. The highest BCUT2D eigenvalue weighted by molar-refractivity contribution is 7.36. The van der Waals surface area contributed by atoms with E-state index in [1.54, 1.807) is 0 Å². The summed E-state index contributed by atoms with van der Waals surface area (Å²) in [4.78, 5) is 0. The molecule has 0 heterocycles. The molecule has 14 heavy (non-hydrogen) atoms. The van der Waals surface area contributed by atoms with E-state index in [9.17, 15) is 4.57 Å². The van der Waals surface area contributed by atoms with E-state index in [2.05, 4.69) is 0 Å². The van der Waals surface area contributed by atoms with Crippen LogP contribution in [0.25, 0.3) is 0 Å². The molecule has 82 valence electrons. The van der Waals surface area contributed by atoms with Crippen LogP contribution in [0.4, 0.5) is 0 Å². The summed E-state index contributed by atoms with van der Waals surface area (Å²) in [5.74, 6) is 0. The summed E-state index contributed by atoms with van der Waals surface area (Å²) in [6.07, 6.45) is 0.292. The Labute approximate surface area is 86.8 Å². The van der Waals surface area contributed by atoms with Crippen molar-refractivity contribution in [2.75, 3.05) is 6.61 Å². The fourth-order valence-corrected chi connectivity index (χ4v) is 2.55. The monoisotopic (exact) mass is 218 g/mol. The lowest BCUT2D eigenvalue weighted by atomic mass is 10.3. The van der Waals surface area contributed by atoms with Gasteiger partial charge in [-0.05, 0) is 27.7 Å². The van der Waals surface area contributed by atoms with E-state index in [1.807, 2.05) is 38.4 Å². The summed E-state index contributed by atoms with van der Waals surface area (Å²) in [7, 11) is -2.17. The zero-order valence-electron chi connectivity index (χ0n) is 9.28. The lowest BCUT2D eigenvalue weighted by Gasteiger charge is -2.28. The van der Waals surface area contributed by atoms with Gasteiger partial charge < -0.3 is 4.52 Å². The first-order valence-corrected chi connectivity index (χ1v) is 6.09. The Morgan fingerprint density at radius 1 is 1.36 bits per heavy atom. The minimum absolute atomic E-state index is 0.198. The van der Waals surface area contributed by atoms with Gasteiger partial charge in [0.05, 0.1) is 19.1 Å². The van der Waals surface area contributed by atoms with Crippen molar-refractivity contribution in [1.29, 1.82) is 5.26 Å². The fourth-order valence-electron chi connectivity index (χ4n) is 1.28. The molecule has 0 aromatic carbocycles. The minimum Gasteiger partial charge on any atom is -0.318 e. The van der Waals surface area contributed by atoms with Crippen molar-refractivity contribution < 1.29 is 9.09 Å². The maximum atomic E-state index is 11.7. The number of nitriles is 1. The van der Waals surface area contributed by atoms with Gasteiger partial charge in [0, 0.05) is 12.1 Å². The Bertz CT molecular complexity index is 215. The summed E-state index contributed by atoms with van der Waals surface area (Å²) in [6, 6.07) is 2.35. The molecule has 0 N–H and O–H groups in total. The summed E-state index contributed by atoms with van der Waals surface area (Å²) in [6.45, 7) is 8.18. The van der Waals surface area contributed by atoms with Crippen LogP contribution in [0.15, 0.2) is 0 Å². The molecule has 0 aliphatic rings. The standard InChI is InChI=1S/C9H19N2O2P/c1-8(2)11(9(3)4)14(12)13-7-5-6-10/h8-9,14H,5,7H2,1-4H3. The zero-order valence-corrected chi connectivity index (χ0v) is 10.3. The third-order valence-corrected chi connectivity index (χ3v) is 3.67. The maximum absolute atomic E-state index is 11.7. The van der Waals surface area contributed by atoms with E-state index in [1.165, 1.54) is 0 Å². The van der Waals surface area contributed by atoms with Crippen molar-refractivity contribution in [2.45, 2.75) is 46.2 Å². The molecule has 0 aromatic rings. The van der Waals surface area contributed by atoms with Crippen LogP contribution < -0.4 is 0 Å². The predicted molar refractivity (Wildman–Crippen MR) is 57.3 cm³/mol. The van der Waals surface area contributed by atoms with Gasteiger partial charge in [-0.3, -0.25) is 4.57 Å². The molecule has 0 rings (SSSR count). The quantitative estimate of drug-likeness (QED) is 0.507. The van der Waals surface area contributed by atoms with Crippen molar-refractivity contribution in [3.05, 3.63) is 0 Å². The molecule has 0 bridgehead atoms. The molecule has 0 amide bonds. The number of rotatable bonds is 6. The zero-order chi connectivity index (χ0) is 11.1. The van der Waals surface area contributed by atoms with Gasteiger partial charge in [0.2, 0.25) is 0 Å². The molecule has 1 atom stereocenters. The topological polar surface area (TPSA) is 53.3 Å². The summed E-state index contributed by atoms with van der Waals surface area (Å²) in [5, 5.41) is 8.30. The third kappa shape index (κ3) is 4.76. The lowest BCUT2D eigenvalue weighted by molar-refractivity contribution is 0.237. The Balaban J connectivity index is 4.11. The average Bonchev–Trinajstić information content (AvgIpc) is 2.03. The molecule has 5 heteroatoms. The smallest absolute Gasteiger partial charge is 0.261 e. The van der Waals surface area contributed by atoms with Crippen LogP contribution in [-0.4, -0.2) is 23.4 Å². The highest BCUT2D eigenvalue weighted by Crippen LogP contribution is 2.32. The molecular weight excluding hydrogens is 199 g/mol. The van der Waals surface area contributed by atoms with Crippen LogP contribution in [0, 0.1) is 11.3 Å². The SMILES string of the molecule is CC(C)N(C(C)C)[PH](=O)OCCC#N. The first-order valence-electron chi connectivity index (χ1n) is 4.82. The van der Waals surface area contributed by atoms with Crippen molar-refractivity contribution in [3.8, 4) is 6.07 Å². The molecule has 0 saturated heterocycles. The van der Waals surface area contributed by atoms with E-state index >= 15 is 0 Å². The summed E-state index contributed by atoms with van der Waals surface area (Å²) < 4.78 is 18.6. The second-order valence-electron chi connectivity index (χ2n) is 3.62. The highest BCUT2D eigenvalue weighted by Gasteiger charge is 2.19. The summed E-state index contributed by atoms with van der Waals surface area (Å²) >= 11 is 0. The van der Waals surface area contributed by atoms with Gasteiger partial charge in [0.1, 0.15) is 0 Å². The molecule has 0 aromatic heterocycles. The highest BCUT2D eigenvalue weighted by atomic mass is 31.1. The van der Waals surface area contributed by atoms with Crippen molar-refractivity contribution in [3.63, 3.8) is 0 Å². The molecule has 0 aliphatic heterocycles. The van der Waals surface area contributed by atoms with Gasteiger partial charge in [0.15, 0.2) is 0 Å². The normalized spacial score (nSPS) is 13.6. The Morgan fingerprint density at radius 2 is 1.86 bits per heavy atom. The van der Waals surface area contributed by atoms with E-state index in [-0.39, 0.29) is 18.7 Å². The Morgan fingerprint density at radius 3 is 2.21 bits per heavy atom. The second-order valence-corrected chi connectivity index (χ2v) is 4.95. The average molecular weight is 218 g/mol. The van der Waals surface area contributed by atoms with Crippen LogP contribution >= 0.6 is 8.18 Å². The lowest BCUT2D eigenvalue weighted by Crippen LogP contribution is -2.31. The Hall–Kier alpha value is -0.360. The van der Waals surface area contributed by atoms with E-state index in [4.69, 9.17) is 9.79 Å². The molecule has 0 fully saturated rings. The van der Waals surface area contributed by atoms with E-state index < -0.39 is 8.18 Å². The van der Waals surface area contributed by atoms with Crippen LogP contribution in [0.3, 0.4) is 0 Å². The van der Waals surface area contributed by atoms with Gasteiger partial charge >= 0.3 is 0 Å². The van der Waals surface area contributed by atoms with Gasteiger partial charge in [-0.25, -0.2) is 4.67 Å². The minimum atomic E-state index is -2.17. The molecular formula is C9H19N2O2P. The fraction of sp³-hybridized carbons (Fsp3) is 0.889. The van der Waals surface area contributed by atoms with Crippen molar-refractivity contribution >= 4 is 8.18 Å². The van der Waals surface area contributed by atoms with Crippen LogP contribution in [0.5, 0.6) is 0 Å². The van der Waals surface area contributed by atoms with Crippen molar-refractivity contribution in [1.82, 2.24) is 4.67 Å². The predicted octanol–water partition coefficient (Wildman–Crippen LogP) is 2.43. The van der Waals surface area contributed by atoms with Crippen molar-refractivity contribution in [2.24, 2.45) is 0 Å². The maximum Gasteiger partial charge on any atom is 0.261 e. The van der Waals surface area contributed by atoms with Gasteiger partial charge in [-0.15, -0.1) is 0 Å². The molecule has 0 saturated carbocycles. The van der Waals surface area contributed by atoms with Gasteiger partial charge in [-0.2, -0.15) is 5.26 Å². The number of hydrogen-bond donors (Lipinski definition) is 0. The first-order chi connectivity index (χ1) is 6.50. The van der Waals surface area contributed by atoms with Gasteiger partial charge in [-0.1, -0.05) is 0 Å². The largest absolute Gasteiger partial charge is 0.318 e. The van der Waals surface area contributed by atoms with Crippen LogP contribution in [-0.2, 0) is 9.09 Å². The molecule has 1 unspecified atom stereocenters. The molecule has 0 aliphatic carbocycles. The molecule has 0 radical (unpaired) electrons. The molecule has 0 spiro atoms. The number of hydrogen-bond acceptors (Lipinski definition) is 3. The number of nitrogens with zero attached hydrogens (tertiary/aromatic N) is 2. The molecule has 4 nitrogen and oxygen atoms in total. The van der Waals surface area contributed by atoms with E-state index in [0.717, 1.165) is 0 Å². The third-order valence-electron chi connectivity index (χ3n) is 1.76. The van der Waals surface area contributed by atoms with E-state index in [0.29, 0.717) is 6.42 Å². The van der Waals surface area contributed by atoms with Gasteiger partial charge in [0.25, 0.3) is 8.18 Å². The summed E-state index contributed by atoms with van der Waals surface area (Å²) in [5.41, 5.74) is 0. The first kappa shape index (κ1) is 13.6. The van der Waals surface area contributed by atoms with Crippen LogP contribution in [0.1, 0.15) is 34.1 Å². The van der Waals surface area contributed by atoms with Crippen LogP contribution in [0.2, 0.25) is 0 Å².